The number of rotatable bonds is 3. The summed E-state index contributed by atoms with van der Waals surface area (Å²) in [5, 5.41) is 6.09. The molecule has 1 fully saturated rings. The Kier molecular flexibility index (Phi) is 4.21. The van der Waals surface area contributed by atoms with Crippen molar-refractivity contribution >= 4 is 17.5 Å². The molecule has 0 bridgehead atoms. The SMILES string of the molecule is C=C(Cl)CNC(=O)[C@H]1COCCN1. The number of ether oxygens (including phenoxy) is 1. The molecule has 0 aromatic heterocycles. The van der Waals surface area contributed by atoms with Gasteiger partial charge in [-0.05, 0) is 0 Å². The number of carbonyl (C=O) groups is 1. The highest BCUT2D eigenvalue weighted by molar-refractivity contribution is 6.29. The van der Waals surface area contributed by atoms with Crippen LogP contribution < -0.4 is 10.6 Å². The predicted octanol–water partition coefficient (Wildman–Crippen LogP) is -0.157. The Morgan fingerprint density at radius 3 is 3.08 bits per heavy atom. The van der Waals surface area contributed by atoms with Gasteiger partial charge in [0.1, 0.15) is 6.04 Å². The van der Waals surface area contributed by atoms with E-state index in [1.807, 2.05) is 0 Å². The second-order valence-electron chi connectivity index (χ2n) is 2.82. The maximum atomic E-state index is 11.3. The van der Waals surface area contributed by atoms with Crippen molar-refractivity contribution in [2.24, 2.45) is 0 Å². The standard InChI is InChI=1S/C8H13ClN2O2/c1-6(9)4-11-8(12)7-5-13-3-2-10-7/h7,10H,1-5H2,(H,11,12)/t7-/m1/s1. The molecule has 0 aliphatic carbocycles. The van der Waals surface area contributed by atoms with Crippen molar-refractivity contribution in [3.8, 4) is 0 Å². The fraction of sp³-hybridized carbons (Fsp3) is 0.625. The Hall–Kier alpha value is -0.580. The summed E-state index contributed by atoms with van der Waals surface area (Å²) < 4.78 is 5.13. The van der Waals surface area contributed by atoms with Gasteiger partial charge in [-0.2, -0.15) is 0 Å². The molecule has 0 saturated carbocycles. The Morgan fingerprint density at radius 2 is 2.54 bits per heavy atom. The summed E-state index contributed by atoms with van der Waals surface area (Å²) in [7, 11) is 0. The van der Waals surface area contributed by atoms with Crippen LogP contribution in [0.3, 0.4) is 0 Å². The minimum atomic E-state index is -0.259. The summed E-state index contributed by atoms with van der Waals surface area (Å²) in [5.41, 5.74) is 0. The quantitative estimate of drug-likeness (QED) is 0.672. The van der Waals surface area contributed by atoms with Crippen molar-refractivity contribution in [3.63, 3.8) is 0 Å². The average molecular weight is 205 g/mol. The van der Waals surface area contributed by atoms with Crippen molar-refractivity contribution in [2.75, 3.05) is 26.3 Å². The summed E-state index contributed by atoms with van der Waals surface area (Å²) >= 11 is 5.50. The molecule has 1 aliphatic heterocycles. The van der Waals surface area contributed by atoms with Crippen molar-refractivity contribution in [3.05, 3.63) is 11.6 Å². The lowest BCUT2D eigenvalue weighted by molar-refractivity contribution is -0.125. The van der Waals surface area contributed by atoms with Gasteiger partial charge >= 0.3 is 0 Å². The highest BCUT2D eigenvalue weighted by Gasteiger charge is 2.20. The number of halogens is 1. The molecular weight excluding hydrogens is 192 g/mol. The van der Waals surface area contributed by atoms with E-state index in [1.54, 1.807) is 0 Å². The second-order valence-corrected chi connectivity index (χ2v) is 3.35. The zero-order valence-corrected chi connectivity index (χ0v) is 8.06. The van der Waals surface area contributed by atoms with Crippen LogP contribution in [0.15, 0.2) is 11.6 Å². The number of hydrogen-bond acceptors (Lipinski definition) is 3. The van der Waals surface area contributed by atoms with Gasteiger partial charge in [0, 0.05) is 11.6 Å². The summed E-state index contributed by atoms with van der Waals surface area (Å²) in [4.78, 5) is 11.3. The smallest absolute Gasteiger partial charge is 0.239 e. The molecule has 0 unspecified atom stereocenters. The molecule has 0 spiro atoms. The topological polar surface area (TPSA) is 50.4 Å². The fourth-order valence-electron chi connectivity index (χ4n) is 1.04. The molecule has 1 heterocycles. The van der Waals surface area contributed by atoms with E-state index in [4.69, 9.17) is 16.3 Å². The third-order valence-electron chi connectivity index (χ3n) is 1.69. The number of hydrogen-bond donors (Lipinski definition) is 2. The van der Waals surface area contributed by atoms with E-state index in [-0.39, 0.29) is 11.9 Å². The van der Waals surface area contributed by atoms with Crippen LogP contribution in [0.4, 0.5) is 0 Å². The molecule has 74 valence electrons. The van der Waals surface area contributed by atoms with Gasteiger partial charge in [-0.3, -0.25) is 4.79 Å². The number of morpholine rings is 1. The largest absolute Gasteiger partial charge is 0.378 e. The number of carbonyl (C=O) groups excluding carboxylic acids is 1. The highest BCUT2D eigenvalue weighted by Crippen LogP contribution is 1.95. The van der Waals surface area contributed by atoms with Crippen molar-refractivity contribution < 1.29 is 9.53 Å². The van der Waals surface area contributed by atoms with E-state index < -0.39 is 0 Å². The zero-order chi connectivity index (χ0) is 9.68. The summed E-state index contributed by atoms with van der Waals surface area (Å²) in [5.74, 6) is -0.0958. The molecule has 13 heavy (non-hydrogen) atoms. The number of nitrogens with one attached hydrogen (secondary N) is 2. The molecule has 1 atom stereocenters. The molecule has 1 rings (SSSR count). The Bertz CT molecular complexity index is 202. The van der Waals surface area contributed by atoms with Crippen LogP contribution in [0.2, 0.25) is 0 Å². The van der Waals surface area contributed by atoms with Gasteiger partial charge in [0.2, 0.25) is 5.91 Å². The van der Waals surface area contributed by atoms with Crippen LogP contribution >= 0.6 is 11.6 Å². The average Bonchev–Trinajstić information content (AvgIpc) is 2.15. The zero-order valence-electron chi connectivity index (χ0n) is 7.31. The van der Waals surface area contributed by atoms with Crippen LogP contribution in [0, 0.1) is 0 Å². The lowest BCUT2D eigenvalue weighted by atomic mass is 10.2. The van der Waals surface area contributed by atoms with Gasteiger partial charge in [0.05, 0.1) is 19.8 Å². The third kappa shape index (κ3) is 3.76. The van der Waals surface area contributed by atoms with Crippen molar-refractivity contribution in [2.45, 2.75) is 6.04 Å². The molecule has 5 heteroatoms. The van der Waals surface area contributed by atoms with Crippen LogP contribution in [-0.2, 0) is 9.53 Å². The summed E-state index contributed by atoms with van der Waals surface area (Å²) in [6, 6.07) is -0.259. The molecule has 1 amide bonds. The molecule has 2 N–H and O–H groups in total. The highest BCUT2D eigenvalue weighted by atomic mass is 35.5. The Labute approximate surface area is 82.3 Å². The van der Waals surface area contributed by atoms with Gasteiger partial charge in [0.15, 0.2) is 0 Å². The van der Waals surface area contributed by atoms with Crippen LogP contribution in [0.25, 0.3) is 0 Å². The third-order valence-corrected chi connectivity index (χ3v) is 1.83. The molecule has 0 aromatic carbocycles. The normalized spacial score (nSPS) is 22.4. The first-order valence-electron chi connectivity index (χ1n) is 4.12. The molecule has 0 radical (unpaired) electrons. The molecule has 1 saturated heterocycles. The van der Waals surface area contributed by atoms with Gasteiger partial charge < -0.3 is 15.4 Å². The molecule has 4 nitrogen and oxygen atoms in total. The van der Waals surface area contributed by atoms with Crippen molar-refractivity contribution in [1.29, 1.82) is 0 Å². The lowest BCUT2D eigenvalue weighted by Crippen LogP contribution is -2.51. The van der Waals surface area contributed by atoms with E-state index >= 15 is 0 Å². The summed E-state index contributed by atoms with van der Waals surface area (Å²) in [6.07, 6.45) is 0. The first-order chi connectivity index (χ1) is 6.20. The Balaban J connectivity index is 2.25. The molecular formula is C8H13ClN2O2. The summed E-state index contributed by atoms with van der Waals surface area (Å²) in [6.45, 7) is 5.56. The van der Waals surface area contributed by atoms with E-state index in [9.17, 15) is 4.79 Å². The van der Waals surface area contributed by atoms with E-state index in [0.717, 1.165) is 0 Å². The van der Waals surface area contributed by atoms with Gasteiger partial charge in [-0.15, -0.1) is 0 Å². The maximum absolute atomic E-state index is 11.3. The maximum Gasteiger partial charge on any atom is 0.239 e. The van der Waals surface area contributed by atoms with Crippen LogP contribution in [-0.4, -0.2) is 38.3 Å². The molecule has 0 aromatic rings. The van der Waals surface area contributed by atoms with Gasteiger partial charge in [0.25, 0.3) is 0 Å². The van der Waals surface area contributed by atoms with Crippen molar-refractivity contribution in [1.82, 2.24) is 10.6 Å². The molecule has 1 aliphatic rings. The number of amides is 1. The second kappa shape index (κ2) is 5.21. The van der Waals surface area contributed by atoms with E-state index in [1.165, 1.54) is 0 Å². The first kappa shape index (κ1) is 10.5. The predicted molar refractivity (Wildman–Crippen MR) is 50.6 cm³/mol. The minimum absolute atomic E-state index is 0.0958. The Morgan fingerprint density at radius 1 is 1.77 bits per heavy atom. The lowest BCUT2D eigenvalue weighted by Gasteiger charge is -2.22. The van der Waals surface area contributed by atoms with E-state index in [0.29, 0.717) is 31.3 Å². The van der Waals surface area contributed by atoms with Crippen LogP contribution in [0.5, 0.6) is 0 Å². The monoisotopic (exact) mass is 204 g/mol. The van der Waals surface area contributed by atoms with Crippen LogP contribution in [0.1, 0.15) is 0 Å². The first-order valence-corrected chi connectivity index (χ1v) is 4.50. The fourth-order valence-corrected chi connectivity index (χ4v) is 1.11. The van der Waals surface area contributed by atoms with Gasteiger partial charge in [-0.1, -0.05) is 18.2 Å². The minimum Gasteiger partial charge on any atom is -0.378 e. The van der Waals surface area contributed by atoms with E-state index in [2.05, 4.69) is 17.2 Å². The van der Waals surface area contributed by atoms with Gasteiger partial charge in [-0.25, -0.2) is 0 Å².